The quantitative estimate of drug-likeness (QED) is 0.556. The van der Waals surface area contributed by atoms with E-state index in [1.165, 1.54) is 0 Å². The number of H-pyrrole nitrogens is 1. The van der Waals surface area contributed by atoms with Gasteiger partial charge in [-0.1, -0.05) is 0 Å². The highest BCUT2D eigenvalue weighted by Crippen LogP contribution is 2.07. The molecule has 0 spiro atoms. The fourth-order valence-electron chi connectivity index (χ4n) is 0.466. The first-order valence-corrected chi connectivity index (χ1v) is 2.55. The number of rotatable bonds is 1. The third-order valence-corrected chi connectivity index (χ3v) is 0.876. The molecule has 0 atom stereocenters. The third-order valence-electron chi connectivity index (χ3n) is 0.876. The van der Waals surface area contributed by atoms with Crippen molar-refractivity contribution >= 4 is 6.09 Å². The van der Waals surface area contributed by atoms with E-state index in [1.807, 2.05) is 0 Å². The molecule has 1 aromatic heterocycles. The van der Waals surface area contributed by atoms with Crippen molar-refractivity contribution in [3.8, 4) is 5.88 Å². The summed E-state index contributed by atoms with van der Waals surface area (Å²) in [7, 11) is 0. The van der Waals surface area contributed by atoms with Gasteiger partial charge in [0, 0.05) is 0 Å². The highest BCUT2D eigenvalue weighted by Gasteiger charge is 2.05. The Labute approximate surface area is 56.4 Å². The Morgan fingerprint density at radius 2 is 2.40 bits per heavy atom. The highest BCUT2D eigenvalue weighted by molar-refractivity contribution is 5.67. The Hall–Kier alpha value is -1.59. The summed E-state index contributed by atoms with van der Waals surface area (Å²) in [6.45, 7) is 1.64. The van der Waals surface area contributed by atoms with Gasteiger partial charge in [0.2, 0.25) is 0 Å². The van der Waals surface area contributed by atoms with Gasteiger partial charge in [0.15, 0.2) is 0 Å². The van der Waals surface area contributed by atoms with Crippen molar-refractivity contribution in [2.75, 3.05) is 0 Å². The summed E-state index contributed by atoms with van der Waals surface area (Å²) < 4.78 is 4.42. The second kappa shape index (κ2) is 2.34. The first kappa shape index (κ1) is 6.53. The van der Waals surface area contributed by atoms with Crippen LogP contribution in [0.4, 0.5) is 4.79 Å². The van der Waals surface area contributed by atoms with Gasteiger partial charge in [-0.3, -0.25) is 0 Å². The summed E-state index contributed by atoms with van der Waals surface area (Å²) in [6.07, 6.45) is -0.892. The van der Waals surface area contributed by atoms with Crippen LogP contribution in [0.2, 0.25) is 0 Å². The lowest BCUT2D eigenvalue weighted by atomic mass is 10.5. The van der Waals surface area contributed by atoms with E-state index >= 15 is 0 Å². The third kappa shape index (κ3) is 1.22. The standard InChI is InChI=1S/C4H6N4O2/c1-2-3(7-8-6-2)10-4(5)9/h1H3,(H2,5,9)(H,6,7,8). The monoisotopic (exact) mass is 142 g/mol. The van der Waals surface area contributed by atoms with Crippen molar-refractivity contribution in [3.05, 3.63) is 5.69 Å². The number of aryl methyl sites for hydroxylation is 1. The lowest BCUT2D eigenvalue weighted by Crippen LogP contribution is -2.16. The van der Waals surface area contributed by atoms with Crippen LogP contribution in [-0.2, 0) is 0 Å². The van der Waals surface area contributed by atoms with Gasteiger partial charge in [-0.15, -0.1) is 5.10 Å². The van der Waals surface area contributed by atoms with Crippen LogP contribution in [0.1, 0.15) is 5.69 Å². The first-order valence-electron chi connectivity index (χ1n) is 2.55. The maximum absolute atomic E-state index is 10.1. The van der Waals surface area contributed by atoms with Gasteiger partial charge in [-0.05, 0) is 6.92 Å². The number of ether oxygens (including phenoxy) is 1. The lowest BCUT2D eigenvalue weighted by molar-refractivity contribution is 0.208. The molecule has 0 unspecified atom stereocenters. The zero-order chi connectivity index (χ0) is 7.56. The van der Waals surface area contributed by atoms with Gasteiger partial charge in [0.1, 0.15) is 5.69 Å². The largest absolute Gasteiger partial charge is 0.411 e. The molecule has 0 aliphatic carbocycles. The van der Waals surface area contributed by atoms with E-state index in [2.05, 4.69) is 20.1 Å². The SMILES string of the molecule is Cc1n[nH]nc1OC(N)=O. The molecule has 0 radical (unpaired) electrons. The minimum absolute atomic E-state index is 0.118. The lowest BCUT2D eigenvalue weighted by Gasteiger charge is -1.92. The number of nitrogens with two attached hydrogens (primary N) is 1. The summed E-state index contributed by atoms with van der Waals surface area (Å²) >= 11 is 0. The van der Waals surface area contributed by atoms with E-state index < -0.39 is 6.09 Å². The minimum Gasteiger partial charge on any atom is -0.388 e. The molecule has 54 valence electrons. The second-order valence-corrected chi connectivity index (χ2v) is 1.64. The molecule has 0 saturated carbocycles. The summed E-state index contributed by atoms with van der Waals surface area (Å²) in [6, 6.07) is 0. The number of carbonyl (C=O) groups is 1. The summed E-state index contributed by atoms with van der Waals surface area (Å²) in [5, 5.41) is 9.37. The number of aromatic nitrogens is 3. The van der Waals surface area contributed by atoms with E-state index in [-0.39, 0.29) is 5.88 Å². The van der Waals surface area contributed by atoms with Crippen LogP contribution in [0, 0.1) is 6.92 Å². The zero-order valence-electron chi connectivity index (χ0n) is 5.29. The van der Waals surface area contributed by atoms with Gasteiger partial charge in [-0.25, -0.2) is 4.79 Å². The van der Waals surface area contributed by atoms with Gasteiger partial charge in [0.25, 0.3) is 5.88 Å². The minimum atomic E-state index is -0.892. The maximum atomic E-state index is 10.1. The van der Waals surface area contributed by atoms with Gasteiger partial charge in [0.05, 0.1) is 0 Å². The average Bonchev–Trinajstić information content (AvgIpc) is 2.15. The molecule has 1 aromatic rings. The molecule has 3 N–H and O–H groups in total. The molecule has 10 heavy (non-hydrogen) atoms. The van der Waals surface area contributed by atoms with Gasteiger partial charge >= 0.3 is 6.09 Å². The molecule has 0 saturated heterocycles. The van der Waals surface area contributed by atoms with Crippen LogP contribution < -0.4 is 10.5 Å². The van der Waals surface area contributed by atoms with Gasteiger partial charge < -0.3 is 10.5 Å². The highest BCUT2D eigenvalue weighted by atomic mass is 16.6. The number of hydrogen-bond donors (Lipinski definition) is 2. The molecule has 0 bridgehead atoms. The number of nitrogens with zero attached hydrogens (tertiary/aromatic N) is 2. The number of nitrogens with one attached hydrogen (secondary N) is 1. The Morgan fingerprint density at radius 1 is 1.70 bits per heavy atom. The fraction of sp³-hybridized carbons (Fsp3) is 0.250. The Kier molecular flexibility index (Phi) is 1.53. The number of hydrogen-bond acceptors (Lipinski definition) is 4. The molecule has 1 heterocycles. The van der Waals surface area contributed by atoms with E-state index in [4.69, 9.17) is 5.73 Å². The maximum Gasteiger partial charge on any atom is 0.411 e. The van der Waals surface area contributed by atoms with Crippen molar-refractivity contribution in [2.45, 2.75) is 6.92 Å². The fourth-order valence-corrected chi connectivity index (χ4v) is 0.466. The van der Waals surface area contributed by atoms with Crippen LogP contribution in [0.15, 0.2) is 0 Å². The van der Waals surface area contributed by atoms with Crippen molar-refractivity contribution in [2.24, 2.45) is 5.73 Å². The van der Waals surface area contributed by atoms with Crippen LogP contribution in [0.3, 0.4) is 0 Å². The van der Waals surface area contributed by atoms with Crippen molar-refractivity contribution in [3.63, 3.8) is 0 Å². The van der Waals surface area contributed by atoms with Crippen molar-refractivity contribution in [1.29, 1.82) is 0 Å². The van der Waals surface area contributed by atoms with Crippen LogP contribution in [0.25, 0.3) is 0 Å². The van der Waals surface area contributed by atoms with Crippen LogP contribution >= 0.6 is 0 Å². The molecule has 0 aliphatic rings. The average molecular weight is 142 g/mol. The molecular formula is C4H6N4O2. The summed E-state index contributed by atoms with van der Waals surface area (Å²) in [5.74, 6) is 0.118. The smallest absolute Gasteiger partial charge is 0.388 e. The Balaban J connectivity index is 2.74. The van der Waals surface area contributed by atoms with E-state index in [0.717, 1.165) is 0 Å². The predicted octanol–water partition coefficient (Wildman–Crippen LogP) is -0.429. The number of primary amides is 1. The van der Waals surface area contributed by atoms with Crippen LogP contribution in [-0.4, -0.2) is 21.5 Å². The molecule has 0 fully saturated rings. The Bertz CT molecular complexity index is 243. The molecule has 6 nitrogen and oxygen atoms in total. The van der Waals surface area contributed by atoms with E-state index in [9.17, 15) is 4.79 Å². The van der Waals surface area contributed by atoms with E-state index in [1.54, 1.807) is 6.92 Å². The predicted molar refractivity (Wildman–Crippen MR) is 31.3 cm³/mol. The Morgan fingerprint density at radius 3 is 2.80 bits per heavy atom. The van der Waals surface area contributed by atoms with Crippen LogP contribution in [0.5, 0.6) is 5.88 Å². The van der Waals surface area contributed by atoms with Crippen molar-refractivity contribution < 1.29 is 9.53 Å². The molecule has 0 aliphatic heterocycles. The van der Waals surface area contributed by atoms with Gasteiger partial charge in [-0.2, -0.15) is 10.3 Å². The molecule has 1 rings (SSSR count). The van der Waals surface area contributed by atoms with E-state index in [0.29, 0.717) is 5.69 Å². The molecule has 0 aromatic carbocycles. The van der Waals surface area contributed by atoms with Crippen molar-refractivity contribution in [1.82, 2.24) is 15.4 Å². The molecule has 1 amide bonds. The first-order chi connectivity index (χ1) is 4.70. The molecule has 6 heteroatoms. The number of carbonyl (C=O) groups excluding carboxylic acids is 1. The molecular weight excluding hydrogens is 136 g/mol. The zero-order valence-corrected chi connectivity index (χ0v) is 5.29. The number of aromatic amines is 1. The second-order valence-electron chi connectivity index (χ2n) is 1.64. The normalized spacial score (nSPS) is 9.30. The topological polar surface area (TPSA) is 93.9 Å². The summed E-state index contributed by atoms with van der Waals surface area (Å²) in [4.78, 5) is 10.1. The number of amides is 1. The summed E-state index contributed by atoms with van der Waals surface area (Å²) in [5.41, 5.74) is 5.21.